The molecule has 1 N–H and O–H groups in total. The van der Waals surface area contributed by atoms with Crippen LogP contribution in [0, 0.1) is 0 Å². The van der Waals surface area contributed by atoms with Crippen LogP contribution in [0.2, 0.25) is 0 Å². The van der Waals surface area contributed by atoms with E-state index in [9.17, 15) is 0 Å². The fourth-order valence-corrected chi connectivity index (χ4v) is 4.37. The summed E-state index contributed by atoms with van der Waals surface area (Å²) in [5.41, 5.74) is 1.32. The van der Waals surface area contributed by atoms with Crippen LogP contribution in [0.1, 0.15) is 49.2 Å². The minimum Gasteiger partial charge on any atom is -0.376 e. The van der Waals surface area contributed by atoms with E-state index < -0.39 is 0 Å². The Balaban J connectivity index is 1.70. The van der Waals surface area contributed by atoms with Crippen LogP contribution in [0.3, 0.4) is 0 Å². The molecule has 2 unspecified atom stereocenters. The molecule has 2 aliphatic rings. The van der Waals surface area contributed by atoms with Crippen molar-refractivity contribution in [2.45, 2.75) is 51.2 Å². The predicted molar refractivity (Wildman–Crippen MR) is 83.7 cm³/mol. The fraction of sp³-hybridized carbons (Fsp3) is 0.800. The third-order valence-electron chi connectivity index (χ3n) is 4.22. The normalized spacial score (nSPS) is 25.7. The summed E-state index contributed by atoms with van der Waals surface area (Å²) in [5, 5.41) is 4.76. The largest absolute Gasteiger partial charge is 0.376 e. The van der Waals surface area contributed by atoms with Gasteiger partial charge in [0.05, 0.1) is 11.8 Å². The van der Waals surface area contributed by atoms with Crippen molar-refractivity contribution in [1.29, 1.82) is 0 Å². The number of nitrogens with one attached hydrogen (secondary N) is 1. The summed E-state index contributed by atoms with van der Waals surface area (Å²) < 4.78 is 5.73. The molecule has 0 bridgehead atoms. The van der Waals surface area contributed by atoms with E-state index in [1.54, 1.807) is 0 Å². The van der Waals surface area contributed by atoms with Crippen molar-refractivity contribution in [1.82, 2.24) is 10.3 Å². The van der Waals surface area contributed by atoms with Crippen molar-refractivity contribution in [2.75, 3.05) is 31.6 Å². The van der Waals surface area contributed by atoms with E-state index in [0.717, 1.165) is 31.2 Å². The molecular weight excluding hydrogens is 270 g/mol. The number of rotatable bonds is 5. The average Bonchev–Trinajstić information content (AvgIpc) is 3.08. The summed E-state index contributed by atoms with van der Waals surface area (Å²) in [6.45, 7) is 5.11. The first-order valence-electron chi connectivity index (χ1n) is 7.83. The number of aromatic nitrogens is 1. The van der Waals surface area contributed by atoms with E-state index in [4.69, 9.17) is 9.72 Å². The molecule has 1 saturated heterocycles. The van der Waals surface area contributed by atoms with Gasteiger partial charge in [0.1, 0.15) is 0 Å². The minimum atomic E-state index is 0.394. The van der Waals surface area contributed by atoms with Gasteiger partial charge in [-0.15, -0.1) is 0 Å². The van der Waals surface area contributed by atoms with Crippen LogP contribution >= 0.6 is 11.3 Å². The van der Waals surface area contributed by atoms with Crippen molar-refractivity contribution in [3.05, 3.63) is 10.6 Å². The number of hydrogen-bond acceptors (Lipinski definition) is 5. The second-order valence-corrected chi connectivity index (χ2v) is 6.83. The van der Waals surface area contributed by atoms with Crippen LogP contribution in [-0.4, -0.2) is 37.8 Å². The van der Waals surface area contributed by atoms with Crippen LogP contribution in [0.4, 0.5) is 5.13 Å². The van der Waals surface area contributed by atoms with Crippen molar-refractivity contribution in [3.63, 3.8) is 0 Å². The molecule has 0 aromatic carbocycles. The van der Waals surface area contributed by atoms with Crippen LogP contribution in [0.25, 0.3) is 0 Å². The SMILES string of the molecule is CCNC1CCCc2nc(N(C)CC3CCCO3)sc21. The molecular formula is C15H25N3OS. The smallest absolute Gasteiger partial charge is 0.185 e. The molecule has 3 rings (SSSR count). The van der Waals surface area contributed by atoms with Crippen LogP contribution in [0.15, 0.2) is 0 Å². The zero-order chi connectivity index (χ0) is 13.9. The van der Waals surface area contributed by atoms with Gasteiger partial charge in [-0.25, -0.2) is 4.98 Å². The molecule has 2 atom stereocenters. The lowest BCUT2D eigenvalue weighted by Gasteiger charge is -2.21. The maximum Gasteiger partial charge on any atom is 0.185 e. The predicted octanol–water partition coefficient (Wildman–Crippen LogP) is 2.75. The monoisotopic (exact) mass is 295 g/mol. The summed E-state index contributed by atoms with van der Waals surface area (Å²) in [6, 6.07) is 0.520. The van der Waals surface area contributed by atoms with Crippen molar-refractivity contribution in [3.8, 4) is 0 Å². The Morgan fingerprint density at radius 3 is 3.05 bits per heavy atom. The Labute approximate surface area is 125 Å². The molecule has 1 fully saturated rings. The van der Waals surface area contributed by atoms with Gasteiger partial charge in [0.2, 0.25) is 0 Å². The molecule has 0 saturated carbocycles. The highest BCUT2D eigenvalue weighted by molar-refractivity contribution is 7.15. The van der Waals surface area contributed by atoms with Crippen molar-refractivity contribution < 1.29 is 4.74 Å². The van der Waals surface area contributed by atoms with Crippen LogP contribution in [-0.2, 0) is 11.2 Å². The van der Waals surface area contributed by atoms with E-state index >= 15 is 0 Å². The number of anilines is 1. The zero-order valence-electron chi connectivity index (χ0n) is 12.5. The molecule has 1 aliphatic heterocycles. The highest BCUT2D eigenvalue weighted by Crippen LogP contribution is 2.37. The lowest BCUT2D eigenvalue weighted by molar-refractivity contribution is 0.116. The summed E-state index contributed by atoms with van der Waals surface area (Å²) in [5.74, 6) is 0. The van der Waals surface area contributed by atoms with Crippen LogP contribution in [0.5, 0.6) is 0 Å². The Morgan fingerprint density at radius 2 is 2.30 bits per heavy atom. The summed E-state index contributed by atoms with van der Waals surface area (Å²) in [7, 11) is 2.15. The number of nitrogens with zero attached hydrogens (tertiary/aromatic N) is 2. The third-order valence-corrected chi connectivity index (χ3v) is 5.54. The fourth-order valence-electron chi connectivity index (χ4n) is 3.18. The van der Waals surface area contributed by atoms with E-state index in [1.807, 2.05) is 11.3 Å². The van der Waals surface area contributed by atoms with E-state index in [0.29, 0.717) is 12.1 Å². The van der Waals surface area contributed by atoms with Gasteiger partial charge in [0.15, 0.2) is 5.13 Å². The van der Waals surface area contributed by atoms with E-state index in [2.05, 4.69) is 24.2 Å². The maximum atomic E-state index is 5.73. The Morgan fingerprint density at radius 1 is 1.40 bits per heavy atom. The van der Waals surface area contributed by atoms with Gasteiger partial charge in [-0.3, -0.25) is 0 Å². The lowest BCUT2D eigenvalue weighted by atomic mass is 9.98. The second kappa shape index (κ2) is 6.41. The third kappa shape index (κ3) is 3.00. The number of thiazole rings is 1. The maximum absolute atomic E-state index is 5.73. The van der Waals surface area contributed by atoms with Crippen molar-refractivity contribution in [2.24, 2.45) is 0 Å². The molecule has 112 valence electrons. The molecule has 2 heterocycles. The average molecular weight is 295 g/mol. The molecule has 0 spiro atoms. The molecule has 4 nitrogen and oxygen atoms in total. The summed E-state index contributed by atoms with van der Waals surface area (Å²) in [6.07, 6.45) is 6.43. The number of fused-ring (bicyclic) bond motifs is 1. The zero-order valence-corrected chi connectivity index (χ0v) is 13.3. The van der Waals surface area contributed by atoms with E-state index in [-0.39, 0.29) is 0 Å². The van der Waals surface area contributed by atoms with E-state index in [1.165, 1.54) is 36.3 Å². The summed E-state index contributed by atoms with van der Waals surface area (Å²) >= 11 is 1.87. The van der Waals surface area contributed by atoms with Gasteiger partial charge in [0, 0.05) is 31.1 Å². The molecule has 1 aromatic heterocycles. The number of likely N-dealkylation sites (N-methyl/N-ethyl adjacent to an activating group) is 1. The number of aryl methyl sites for hydroxylation is 1. The highest BCUT2D eigenvalue weighted by atomic mass is 32.1. The van der Waals surface area contributed by atoms with Gasteiger partial charge in [-0.2, -0.15) is 0 Å². The molecule has 0 amide bonds. The van der Waals surface area contributed by atoms with Gasteiger partial charge in [-0.1, -0.05) is 18.3 Å². The Hall–Kier alpha value is -0.650. The number of ether oxygens (including phenoxy) is 1. The minimum absolute atomic E-state index is 0.394. The lowest BCUT2D eigenvalue weighted by Crippen LogP contribution is -2.28. The molecule has 5 heteroatoms. The quantitative estimate of drug-likeness (QED) is 0.906. The molecule has 0 radical (unpaired) electrons. The standard InChI is InChI=1S/C15H25N3OS/c1-3-16-12-7-4-8-13-14(12)20-15(17-13)18(2)10-11-6-5-9-19-11/h11-12,16H,3-10H2,1-2H3. The first-order chi connectivity index (χ1) is 9.78. The molecule has 1 aliphatic carbocycles. The van der Waals surface area contributed by atoms with Crippen LogP contribution < -0.4 is 10.2 Å². The molecule has 20 heavy (non-hydrogen) atoms. The Bertz CT molecular complexity index is 442. The van der Waals surface area contributed by atoms with Gasteiger partial charge in [-0.05, 0) is 38.6 Å². The highest BCUT2D eigenvalue weighted by Gasteiger charge is 2.26. The molecule has 1 aromatic rings. The number of hydrogen-bond donors (Lipinski definition) is 1. The summed E-state index contributed by atoms with van der Waals surface area (Å²) in [4.78, 5) is 8.62. The van der Waals surface area contributed by atoms with Gasteiger partial charge in [0.25, 0.3) is 0 Å². The first kappa shape index (κ1) is 14.3. The van der Waals surface area contributed by atoms with Gasteiger partial charge < -0.3 is 15.0 Å². The van der Waals surface area contributed by atoms with Crippen molar-refractivity contribution >= 4 is 16.5 Å². The first-order valence-corrected chi connectivity index (χ1v) is 8.65. The Kier molecular flexibility index (Phi) is 4.58. The second-order valence-electron chi connectivity index (χ2n) is 5.83. The van der Waals surface area contributed by atoms with Gasteiger partial charge >= 0.3 is 0 Å². The topological polar surface area (TPSA) is 37.4 Å².